The number of urea groups is 1. The summed E-state index contributed by atoms with van der Waals surface area (Å²) in [4.78, 5) is 12.3. The molecule has 0 radical (unpaired) electrons. The van der Waals surface area contributed by atoms with E-state index in [9.17, 15) is 9.90 Å². The number of aromatic nitrogens is 3. The number of hydrogen-bond acceptors (Lipinski definition) is 4. The molecule has 1 atom stereocenters. The van der Waals surface area contributed by atoms with Crippen molar-refractivity contribution in [2.75, 3.05) is 6.54 Å². The Morgan fingerprint density at radius 2 is 2.08 bits per heavy atom. The highest BCUT2D eigenvalue weighted by Crippen LogP contribution is 2.28. The van der Waals surface area contributed by atoms with Crippen LogP contribution >= 0.6 is 0 Å². The fourth-order valence-corrected chi connectivity index (χ4v) is 3.25. The lowest BCUT2D eigenvalue weighted by atomic mass is 10.0. The Hall–Kier alpha value is -2.15. The number of nitrogens with zero attached hydrogens (tertiary/aromatic N) is 3. The van der Waals surface area contributed by atoms with E-state index in [1.165, 1.54) is 0 Å². The maximum absolute atomic E-state index is 12.3. The van der Waals surface area contributed by atoms with Gasteiger partial charge in [-0.25, -0.2) is 4.79 Å². The molecule has 7 nitrogen and oxygen atoms in total. The van der Waals surface area contributed by atoms with Crippen LogP contribution in [0.15, 0.2) is 24.4 Å². The molecule has 3 rings (SSSR count). The van der Waals surface area contributed by atoms with Crippen LogP contribution in [-0.2, 0) is 0 Å². The molecule has 0 aromatic carbocycles. The molecule has 0 aliphatic heterocycles. The quantitative estimate of drug-likeness (QED) is 0.782. The van der Waals surface area contributed by atoms with E-state index < -0.39 is 5.60 Å². The molecule has 1 fully saturated rings. The van der Waals surface area contributed by atoms with Gasteiger partial charge in [0.2, 0.25) is 0 Å². The molecule has 0 spiro atoms. The molecule has 24 heavy (non-hydrogen) atoms. The predicted molar refractivity (Wildman–Crippen MR) is 90.5 cm³/mol. The van der Waals surface area contributed by atoms with Crippen molar-refractivity contribution in [3.8, 4) is 0 Å². The molecular weight excluding hydrogens is 306 g/mol. The van der Waals surface area contributed by atoms with E-state index in [4.69, 9.17) is 0 Å². The maximum Gasteiger partial charge on any atom is 0.315 e. The Morgan fingerprint density at radius 3 is 2.79 bits per heavy atom. The van der Waals surface area contributed by atoms with Crippen molar-refractivity contribution in [1.29, 1.82) is 0 Å². The zero-order chi connectivity index (χ0) is 17.2. The van der Waals surface area contributed by atoms with Gasteiger partial charge in [-0.05, 0) is 30.9 Å². The van der Waals surface area contributed by atoms with Crippen LogP contribution in [0.1, 0.15) is 51.4 Å². The second-order valence-corrected chi connectivity index (χ2v) is 6.97. The highest BCUT2D eigenvalue weighted by molar-refractivity contribution is 5.74. The minimum absolute atomic E-state index is 0.151. The maximum atomic E-state index is 12.3. The number of amides is 2. The summed E-state index contributed by atoms with van der Waals surface area (Å²) in [5.74, 6) is 0.855. The van der Waals surface area contributed by atoms with E-state index in [-0.39, 0.29) is 24.5 Å². The first-order chi connectivity index (χ1) is 11.5. The minimum atomic E-state index is -0.758. The lowest BCUT2D eigenvalue weighted by molar-refractivity contribution is 0.0499. The Labute approximate surface area is 141 Å². The van der Waals surface area contributed by atoms with Crippen LogP contribution in [0.2, 0.25) is 0 Å². The van der Waals surface area contributed by atoms with Crippen molar-refractivity contribution in [3.63, 3.8) is 0 Å². The van der Waals surface area contributed by atoms with Crippen molar-refractivity contribution in [2.45, 2.75) is 51.2 Å². The first-order valence-corrected chi connectivity index (χ1v) is 8.55. The molecule has 2 amide bonds. The average Bonchev–Trinajstić information content (AvgIpc) is 3.17. The summed E-state index contributed by atoms with van der Waals surface area (Å²) >= 11 is 0. The molecule has 130 valence electrons. The van der Waals surface area contributed by atoms with Gasteiger partial charge in [-0.15, -0.1) is 10.2 Å². The van der Waals surface area contributed by atoms with Crippen molar-refractivity contribution >= 4 is 11.7 Å². The van der Waals surface area contributed by atoms with Crippen LogP contribution in [0, 0.1) is 5.92 Å². The largest absolute Gasteiger partial charge is 0.388 e. The Kier molecular flexibility index (Phi) is 4.71. The van der Waals surface area contributed by atoms with Gasteiger partial charge in [0.05, 0.1) is 11.6 Å². The van der Waals surface area contributed by atoms with Crippen molar-refractivity contribution in [3.05, 3.63) is 30.2 Å². The number of nitrogens with one attached hydrogen (secondary N) is 2. The Morgan fingerprint density at radius 1 is 1.33 bits per heavy atom. The Balaban J connectivity index is 1.69. The van der Waals surface area contributed by atoms with Crippen LogP contribution in [-0.4, -0.2) is 37.9 Å². The third kappa shape index (κ3) is 3.51. The number of carbonyl (C=O) groups excluding carboxylic acids is 1. The standard InChI is InChI=1S/C17H25N5O2/c1-12(2)14(15-21-20-13-7-3-6-10-22(13)15)19-16(23)18-11-17(24)8-4-5-9-17/h3,6-7,10,12,14,24H,4-5,8-9,11H2,1-2H3,(H2,18,19,23). The molecule has 1 aliphatic rings. The average molecular weight is 331 g/mol. The highest BCUT2D eigenvalue weighted by Gasteiger charge is 2.32. The summed E-state index contributed by atoms with van der Waals surface area (Å²) in [5, 5.41) is 24.5. The van der Waals surface area contributed by atoms with E-state index in [1.807, 2.05) is 42.6 Å². The fraction of sp³-hybridized carbons (Fsp3) is 0.588. The summed E-state index contributed by atoms with van der Waals surface area (Å²) in [7, 11) is 0. The van der Waals surface area contributed by atoms with Crippen LogP contribution in [0.5, 0.6) is 0 Å². The van der Waals surface area contributed by atoms with Gasteiger partial charge in [-0.2, -0.15) is 0 Å². The summed E-state index contributed by atoms with van der Waals surface area (Å²) in [6, 6.07) is 5.14. The lowest BCUT2D eigenvalue weighted by Crippen LogP contribution is -2.46. The van der Waals surface area contributed by atoms with Gasteiger partial charge in [-0.1, -0.05) is 32.8 Å². The zero-order valence-electron chi connectivity index (χ0n) is 14.2. The molecule has 1 aliphatic carbocycles. The van der Waals surface area contributed by atoms with Crippen LogP contribution in [0.4, 0.5) is 4.79 Å². The Bertz CT molecular complexity index is 706. The zero-order valence-corrected chi connectivity index (χ0v) is 14.2. The number of hydrogen-bond donors (Lipinski definition) is 3. The van der Waals surface area contributed by atoms with Gasteiger partial charge in [0.25, 0.3) is 0 Å². The molecule has 0 bridgehead atoms. The van der Waals surface area contributed by atoms with Crippen molar-refractivity contribution in [2.24, 2.45) is 5.92 Å². The molecule has 7 heteroatoms. The normalized spacial score (nSPS) is 18.0. The number of fused-ring (bicyclic) bond motifs is 1. The predicted octanol–water partition coefficient (Wildman–Crippen LogP) is 2.03. The molecule has 1 saturated carbocycles. The third-order valence-electron chi connectivity index (χ3n) is 4.68. The monoisotopic (exact) mass is 331 g/mol. The molecular formula is C17H25N5O2. The van der Waals surface area contributed by atoms with Crippen LogP contribution < -0.4 is 10.6 Å². The van der Waals surface area contributed by atoms with E-state index in [0.29, 0.717) is 5.82 Å². The number of aliphatic hydroxyl groups is 1. The first-order valence-electron chi connectivity index (χ1n) is 8.55. The fourth-order valence-electron chi connectivity index (χ4n) is 3.25. The third-order valence-corrected chi connectivity index (χ3v) is 4.68. The second-order valence-electron chi connectivity index (χ2n) is 6.97. The lowest BCUT2D eigenvalue weighted by Gasteiger charge is -2.25. The summed E-state index contributed by atoms with van der Waals surface area (Å²) in [5.41, 5.74) is -0.00713. The van der Waals surface area contributed by atoms with Crippen LogP contribution in [0.3, 0.4) is 0 Å². The van der Waals surface area contributed by atoms with Crippen molar-refractivity contribution in [1.82, 2.24) is 25.2 Å². The smallest absolute Gasteiger partial charge is 0.315 e. The van der Waals surface area contributed by atoms with E-state index in [2.05, 4.69) is 20.8 Å². The topological polar surface area (TPSA) is 91.5 Å². The summed E-state index contributed by atoms with van der Waals surface area (Å²) < 4.78 is 1.88. The van der Waals surface area contributed by atoms with Gasteiger partial charge in [0, 0.05) is 12.7 Å². The number of carbonyl (C=O) groups is 1. The second kappa shape index (κ2) is 6.76. The number of rotatable bonds is 5. The molecule has 1 unspecified atom stereocenters. The molecule has 3 N–H and O–H groups in total. The van der Waals surface area contributed by atoms with Gasteiger partial charge in [0.1, 0.15) is 0 Å². The highest BCUT2D eigenvalue weighted by atomic mass is 16.3. The van der Waals surface area contributed by atoms with E-state index >= 15 is 0 Å². The molecule has 2 heterocycles. The minimum Gasteiger partial charge on any atom is -0.388 e. The van der Waals surface area contributed by atoms with Gasteiger partial charge >= 0.3 is 6.03 Å². The van der Waals surface area contributed by atoms with Crippen LogP contribution in [0.25, 0.3) is 5.65 Å². The molecule has 2 aromatic heterocycles. The van der Waals surface area contributed by atoms with E-state index in [1.54, 1.807) is 0 Å². The van der Waals surface area contributed by atoms with E-state index in [0.717, 1.165) is 31.3 Å². The van der Waals surface area contributed by atoms with Gasteiger partial charge in [0.15, 0.2) is 11.5 Å². The van der Waals surface area contributed by atoms with Crippen molar-refractivity contribution < 1.29 is 9.90 Å². The SMILES string of the molecule is CC(C)C(NC(=O)NCC1(O)CCCC1)c1nnc2ccccn12. The van der Waals surface area contributed by atoms with Gasteiger partial charge < -0.3 is 15.7 Å². The van der Waals surface area contributed by atoms with Gasteiger partial charge in [-0.3, -0.25) is 4.40 Å². The number of pyridine rings is 1. The molecule has 2 aromatic rings. The summed E-state index contributed by atoms with van der Waals surface area (Å²) in [6.07, 6.45) is 5.41. The molecule has 0 saturated heterocycles. The summed E-state index contributed by atoms with van der Waals surface area (Å²) in [6.45, 7) is 4.34. The first kappa shape index (κ1) is 16.7.